The van der Waals surface area contributed by atoms with Crippen molar-refractivity contribution in [1.29, 1.82) is 0 Å². The average molecular weight is 380 g/mol. The van der Waals surface area contributed by atoms with E-state index in [1.165, 1.54) is 14.2 Å². The highest BCUT2D eigenvalue weighted by molar-refractivity contribution is 6.30. The first-order valence-corrected chi connectivity index (χ1v) is 7.95. The predicted octanol–water partition coefficient (Wildman–Crippen LogP) is 2.92. The zero-order valence-electron chi connectivity index (χ0n) is 14.3. The van der Waals surface area contributed by atoms with Gasteiger partial charge in [0.25, 0.3) is 5.91 Å². The van der Waals surface area contributed by atoms with Gasteiger partial charge in [-0.1, -0.05) is 17.7 Å². The number of nitrogens with one attached hydrogen (secondary N) is 1. The Labute approximate surface area is 155 Å². The molecule has 0 aliphatic rings. The summed E-state index contributed by atoms with van der Waals surface area (Å²) < 4.78 is 20.4. The molecule has 0 fully saturated rings. The van der Waals surface area contributed by atoms with E-state index in [1.54, 1.807) is 42.5 Å². The van der Waals surface area contributed by atoms with Crippen molar-refractivity contribution in [2.24, 2.45) is 0 Å². The Kier molecular flexibility index (Phi) is 7.11. The van der Waals surface area contributed by atoms with Gasteiger partial charge in [0.2, 0.25) is 0 Å². The van der Waals surface area contributed by atoms with Crippen LogP contribution < -0.4 is 19.5 Å². The van der Waals surface area contributed by atoms with Crippen LogP contribution in [0.1, 0.15) is 0 Å². The molecule has 0 aliphatic carbocycles. The monoisotopic (exact) mass is 379 g/mol. The summed E-state index contributed by atoms with van der Waals surface area (Å²) in [7, 11) is 2.99. The molecule has 0 bridgehead atoms. The number of hydrogen-bond acceptors (Lipinski definition) is 6. The molecule has 1 N–H and O–H groups in total. The number of amides is 1. The molecule has 2 aromatic rings. The van der Waals surface area contributed by atoms with Crippen molar-refractivity contribution in [2.45, 2.75) is 0 Å². The summed E-state index contributed by atoms with van der Waals surface area (Å²) in [6, 6.07) is 11.5. The first kappa shape index (κ1) is 19.4. The normalized spacial score (nSPS) is 9.96. The average Bonchev–Trinajstić information content (AvgIpc) is 2.64. The number of benzene rings is 2. The molecule has 0 saturated heterocycles. The lowest BCUT2D eigenvalue weighted by atomic mass is 10.2. The van der Waals surface area contributed by atoms with Crippen molar-refractivity contribution in [3.8, 4) is 17.2 Å². The zero-order valence-corrected chi connectivity index (χ0v) is 15.0. The fourth-order valence-electron chi connectivity index (χ4n) is 1.98. The van der Waals surface area contributed by atoms with Crippen molar-refractivity contribution < 1.29 is 28.5 Å². The quantitative estimate of drug-likeness (QED) is 0.710. The molecule has 0 saturated carbocycles. The molecule has 138 valence electrons. The number of carbonyl (C=O) groups excluding carboxylic acids is 2. The smallest absolute Gasteiger partial charge is 0.344 e. The van der Waals surface area contributed by atoms with E-state index in [9.17, 15) is 9.59 Å². The van der Waals surface area contributed by atoms with Crippen LogP contribution in [0.5, 0.6) is 17.2 Å². The van der Waals surface area contributed by atoms with Gasteiger partial charge in [0.1, 0.15) is 17.2 Å². The molecule has 2 rings (SSSR count). The van der Waals surface area contributed by atoms with Crippen LogP contribution in [0.2, 0.25) is 5.02 Å². The number of carbonyl (C=O) groups is 2. The van der Waals surface area contributed by atoms with E-state index in [0.717, 1.165) is 0 Å². The minimum atomic E-state index is -0.683. The maximum atomic E-state index is 12.0. The molecule has 0 unspecified atom stereocenters. The Hall–Kier alpha value is -2.93. The third kappa shape index (κ3) is 5.86. The number of esters is 1. The lowest BCUT2D eigenvalue weighted by Gasteiger charge is -2.12. The van der Waals surface area contributed by atoms with Crippen LogP contribution in [0.4, 0.5) is 5.69 Å². The summed E-state index contributed by atoms with van der Waals surface area (Å²) >= 11 is 5.82. The SMILES string of the molecule is COc1ccc(OC)c(NC(=O)COC(=O)COc2cccc(Cl)c2)c1. The molecular weight excluding hydrogens is 362 g/mol. The highest BCUT2D eigenvalue weighted by atomic mass is 35.5. The third-order valence-corrected chi connectivity index (χ3v) is 3.43. The Morgan fingerprint density at radius 1 is 1.00 bits per heavy atom. The summed E-state index contributed by atoms with van der Waals surface area (Å²) in [5.41, 5.74) is 0.406. The standard InChI is InChI=1S/C18H18ClNO6/c1-23-13-6-7-16(24-2)15(9-13)20-17(21)10-26-18(22)11-25-14-5-3-4-12(19)8-14/h3-9H,10-11H2,1-2H3,(H,20,21). The van der Waals surface area contributed by atoms with Crippen molar-refractivity contribution in [3.63, 3.8) is 0 Å². The second-order valence-electron chi connectivity index (χ2n) is 5.02. The van der Waals surface area contributed by atoms with Crippen LogP contribution >= 0.6 is 11.6 Å². The molecule has 0 radical (unpaired) electrons. The van der Waals surface area contributed by atoms with Crippen LogP contribution in [-0.4, -0.2) is 39.3 Å². The van der Waals surface area contributed by atoms with E-state index >= 15 is 0 Å². The Morgan fingerprint density at radius 2 is 1.81 bits per heavy atom. The molecule has 8 heteroatoms. The summed E-state index contributed by atoms with van der Waals surface area (Å²) in [6.45, 7) is -0.797. The number of hydrogen-bond donors (Lipinski definition) is 1. The lowest BCUT2D eigenvalue weighted by Crippen LogP contribution is -2.23. The predicted molar refractivity (Wildman–Crippen MR) is 96.1 cm³/mol. The van der Waals surface area contributed by atoms with Crippen LogP contribution in [0, 0.1) is 0 Å². The molecule has 0 heterocycles. The molecule has 1 amide bonds. The van der Waals surface area contributed by atoms with Crippen LogP contribution in [0.15, 0.2) is 42.5 Å². The third-order valence-electron chi connectivity index (χ3n) is 3.20. The van der Waals surface area contributed by atoms with Crippen molar-refractivity contribution in [3.05, 3.63) is 47.5 Å². The number of halogens is 1. The Balaban J connectivity index is 1.82. The topological polar surface area (TPSA) is 83.1 Å². The molecule has 0 aromatic heterocycles. The lowest BCUT2D eigenvalue weighted by molar-refractivity contribution is -0.149. The maximum Gasteiger partial charge on any atom is 0.344 e. The van der Waals surface area contributed by atoms with E-state index in [2.05, 4.69) is 5.32 Å². The van der Waals surface area contributed by atoms with Gasteiger partial charge < -0.3 is 24.3 Å². The highest BCUT2D eigenvalue weighted by Crippen LogP contribution is 2.28. The van der Waals surface area contributed by atoms with Gasteiger partial charge in [-0.05, 0) is 30.3 Å². The fourth-order valence-corrected chi connectivity index (χ4v) is 2.17. The summed E-state index contributed by atoms with van der Waals surface area (Å²) in [5, 5.41) is 3.08. The molecule has 0 atom stereocenters. The van der Waals surface area contributed by atoms with E-state index in [1.807, 2.05) is 0 Å². The van der Waals surface area contributed by atoms with Crippen molar-refractivity contribution in [2.75, 3.05) is 32.8 Å². The minimum Gasteiger partial charge on any atom is -0.497 e. The number of ether oxygens (including phenoxy) is 4. The van der Waals surface area contributed by atoms with E-state index < -0.39 is 18.5 Å². The zero-order chi connectivity index (χ0) is 18.9. The largest absolute Gasteiger partial charge is 0.497 e. The summed E-state index contributed by atoms with van der Waals surface area (Å²) in [4.78, 5) is 23.6. The maximum absolute atomic E-state index is 12.0. The number of rotatable bonds is 8. The first-order chi connectivity index (χ1) is 12.5. The van der Waals surface area contributed by atoms with Crippen molar-refractivity contribution in [1.82, 2.24) is 0 Å². The minimum absolute atomic E-state index is 0.337. The molecule has 2 aromatic carbocycles. The summed E-state index contributed by atoms with van der Waals surface area (Å²) in [5.74, 6) is 0.230. The Morgan fingerprint density at radius 3 is 2.50 bits per heavy atom. The van der Waals surface area contributed by atoms with Gasteiger partial charge in [-0.2, -0.15) is 0 Å². The molecule has 0 aliphatic heterocycles. The van der Waals surface area contributed by atoms with Crippen LogP contribution in [0.3, 0.4) is 0 Å². The van der Waals surface area contributed by atoms with Crippen molar-refractivity contribution >= 4 is 29.2 Å². The second kappa shape index (κ2) is 9.53. The van der Waals surface area contributed by atoms with Gasteiger partial charge in [-0.15, -0.1) is 0 Å². The Bertz CT molecular complexity index is 780. The van der Waals surface area contributed by atoms with Gasteiger partial charge in [-0.25, -0.2) is 4.79 Å². The second-order valence-corrected chi connectivity index (χ2v) is 5.46. The number of methoxy groups -OCH3 is 2. The molecule has 26 heavy (non-hydrogen) atoms. The highest BCUT2D eigenvalue weighted by Gasteiger charge is 2.12. The van der Waals surface area contributed by atoms with E-state index in [0.29, 0.717) is 28.0 Å². The van der Waals surface area contributed by atoms with Gasteiger partial charge in [0.05, 0.1) is 19.9 Å². The van der Waals surface area contributed by atoms with Gasteiger partial charge in [0.15, 0.2) is 13.2 Å². The van der Waals surface area contributed by atoms with Gasteiger partial charge >= 0.3 is 5.97 Å². The van der Waals surface area contributed by atoms with Gasteiger partial charge in [-0.3, -0.25) is 4.79 Å². The van der Waals surface area contributed by atoms with E-state index in [-0.39, 0.29) is 6.61 Å². The number of anilines is 1. The molecular formula is C18H18ClNO6. The van der Waals surface area contributed by atoms with Gasteiger partial charge in [0, 0.05) is 11.1 Å². The fraction of sp³-hybridized carbons (Fsp3) is 0.222. The first-order valence-electron chi connectivity index (χ1n) is 7.57. The summed E-state index contributed by atoms with van der Waals surface area (Å²) in [6.07, 6.45) is 0. The van der Waals surface area contributed by atoms with Crippen LogP contribution in [0.25, 0.3) is 0 Å². The molecule has 0 spiro atoms. The van der Waals surface area contributed by atoms with E-state index in [4.69, 9.17) is 30.5 Å². The van der Waals surface area contributed by atoms with Crippen LogP contribution in [-0.2, 0) is 14.3 Å². The molecule has 7 nitrogen and oxygen atoms in total.